The maximum absolute atomic E-state index is 12.4. The first-order chi connectivity index (χ1) is 12.7. The Hall–Kier alpha value is -2.33. The van der Waals surface area contributed by atoms with E-state index in [1.807, 2.05) is 24.3 Å². The number of carbonyl (C=O) groups excluding carboxylic acids is 1. The lowest BCUT2D eigenvalue weighted by atomic mass is 10.0. The van der Waals surface area contributed by atoms with E-state index in [0.29, 0.717) is 19.1 Å². The summed E-state index contributed by atoms with van der Waals surface area (Å²) in [6.07, 6.45) is 3.08. The van der Waals surface area contributed by atoms with Gasteiger partial charge in [0.25, 0.3) is 0 Å². The second kappa shape index (κ2) is 8.86. The van der Waals surface area contributed by atoms with Crippen LogP contribution in [0.5, 0.6) is 5.75 Å². The van der Waals surface area contributed by atoms with Crippen molar-refractivity contribution in [3.8, 4) is 5.75 Å². The fraction of sp³-hybridized carbons (Fsp3) is 0.409. The smallest absolute Gasteiger partial charge is 0.234 e. The van der Waals surface area contributed by atoms with Crippen LogP contribution in [0.1, 0.15) is 35.6 Å². The monoisotopic (exact) mass is 352 g/mol. The molecule has 0 spiro atoms. The molecule has 4 heteroatoms. The van der Waals surface area contributed by atoms with Crippen LogP contribution in [0, 0.1) is 6.92 Å². The second-order valence-corrected chi connectivity index (χ2v) is 6.93. The highest BCUT2D eigenvalue weighted by Crippen LogP contribution is 2.32. The Balaban J connectivity index is 1.52. The van der Waals surface area contributed by atoms with Crippen molar-refractivity contribution in [1.82, 2.24) is 10.2 Å². The number of likely N-dealkylation sites (tertiary alicyclic amines) is 1. The van der Waals surface area contributed by atoms with Gasteiger partial charge in [-0.3, -0.25) is 9.69 Å². The third-order valence-electron chi connectivity index (χ3n) is 5.17. The number of ether oxygens (including phenoxy) is 1. The molecule has 26 heavy (non-hydrogen) atoms. The van der Waals surface area contributed by atoms with Gasteiger partial charge in [0.15, 0.2) is 0 Å². The van der Waals surface area contributed by atoms with E-state index in [2.05, 4.69) is 41.4 Å². The molecule has 0 radical (unpaired) electrons. The number of hydrogen-bond donors (Lipinski definition) is 1. The van der Waals surface area contributed by atoms with Gasteiger partial charge in [0.05, 0.1) is 13.7 Å². The minimum atomic E-state index is 0.105. The first kappa shape index (κ1) is 18.5. The number of amides is 1. The Morgan fingerprint density at radius 1 is 1.23 bits per heavy atom. The Labute approximate surface area is 156 Å². The lowest BCUT2D eigenvalue weighted by Crippen LogP contribution is -2.37. The maximum atomic E-state index is 12.4. The highest BCUT2D eigenvalue weighted by atomic mass is 16.5. The molecule has 3 rings (SSSR count). The van der Waals surface area contributed by atoms with Gasteiger partial charge in [0, 0.05) is 12.6 Å². The summed E-state index contributed by atoms with van der Waals surface area (Å²) in [6, 6.07) is 16.8. The maximum Gasteiger partial charge on any atom is 0.234 e. The largest absolute Gasteiger partial charge is 0.497 e. The van der Waals surface area contributed by atoms with Crippen LogP contribution in [0.15, 0.2) is 48.5 Å². The van der Waals surface area contributed by atoms with Gasteiger partial charge in [-0.15, -0.1) is 0 Å². The van der Waals surface area contributed by atoms with Crippen molar-refractivity contribution in [3.63, 3.8) is 0 Å². The van der Waals surface area contributed by atoms with E-state index in [9.17, 15) is 4.79 Å². The topological polar surface area (TPSA) is 41.6 Å². The summed E-state index contributed by atoms with van der Waals surface area (Å²) in [5.74, 6) is 0.977. The van der Waals surface area contributed by atoms with Crippen molar-refractivity contribution in [2.75, 3.05) is 26.7 Å². The summed E-state index contributed by atoms with van der Waals surface area (Å²) in [5.41, 5.74) is 3.80. The fourth-order valence-corrected chi connectivity index (χ4v) is 3.71. The molecule has 1 atom stereocenters. The molecule has 1 N–H and O–H groups in total. The van der Waals surface area contributed by atoms with Crippen LogP contribution in [-0.2, 0) is 11.2 Å². The Bertz CT molecular complexity index is 744. The molecule has 4 nitrogen and oxygen atoms in total. The van der Waals surface area contributed by atoms with Crippen molar-refractivity contribution >= 4 is 5.91 Å². The molecule has 1 amide bonds. The third-order valence-corrected chi connectivity index (χ3v) is 5.17. The number of nitrogens with zero attached hydrogens (tertiary/aromatic N) is 1. The summed E-state index contributed by atoms with van der Waals surface area (Å²) in [4.78, 5) is 14.7. The molecule has 0 aliphatic carbocycles. The zero-order valence-corrected chi connectivity index (χ0v) is 15.7. The molecule has 0 bridgehead atoms. The van der Waals surface area contributed by atoms with E-state index in [4.69, 9.17) is 4.74 Å². The van der Waals surface area contributed by atoms with Crippen molar-refractivity contribution in [2.24, 2.45) is 0 Å². The SMILES string of the molecule is COc1cccc(C2CCCN2CC(=O)NCCc2ccccc2C)c1. The molecule has 2 aromatic rings. The number of carbonyl (C=O) groups is 1. The molecule has 0 saturated carbocycles. The Morgan fingerprint density at radius 2 is 2.08 bits per heavy atom. The van der Waals surface area contributed by atoms with Gasteiger partial charge in [-0.2, -0.15) is 0 Å². The summed E-state index contributed by atoms with van der Waals surface area (Å²) < 4.78 is 5.34. The van der Waals surface area contributed by atoms with Crippen LogP contribution >= 0.6 is 0 Å². The number of nitrogens with one attached hydrogen (secondary N) is 1. The molecular formula is C22H28N2O2. The quantitative estimate of drug-likeness (QED) is 0.829. The van der Waals surface area contributed by atoms with Gasteiger partial charge in [-0.1, -0.05) is 36.4 Å². The molecule has 1 aliphatic heterocycles. The predicted octanol–water partition coefficient (Wildman–Crippen LogP) is 3.50. The molecule has 1 heterocycles. The van der Waals surface area contributed by atoms with Crippen molar-refractivity contribution in [2.45, 2.75) is 32.2 Å². The van der Waals surface area contributed by atoms with Crippen LogP contribution in [0.4, 0.5) is 0 Å². The minimum Gasteiger partial charge on any atom is -0.497 e. The second-order valence-electron chi connectivity index (χ2n) is 6.93. The van der Waals surface area contributed by atoms with E-state index in [1.165, 1.54) is 16.7 Å². The van der Waals surface area contributed by atoms with Crippen LogP contribution < -0.4 is 10.1 Å². The molecule has 138 valence electrons. The van der Waals surface area contributed by atoms with E-state index < -0.39 is 0 Å². The standard InChI is InChI=1S/C22H28N2O2/c1-17-7-3-4-8-18(17)12-13-23-22(25)16-24-14-6-11-21(24)19-9-5-10-20(15-19)26-2/h3-5,7-10,15,21H,6,11-14,16H2,1-2H3,(H,23,25). The summed E-state index contributed by atoms with van der Waals surface area (Å²) in [5, 5.41) is 3.07. The molecular weight excluding hydrogens is 324 g/mol. The normalized spacial score (nSPS) is 17.2. The average molecular weight is 352 g/mol. The van der Waals surface area contributed by atoms with E-state index in [-0.39, 0.29) is 5.91 Å². The molecule has 2 aromatic carbocycles. The first-order valence-electron chi connectivity index (χ1n) is 9.36. The Kier molecular flexibility index (Phi) is 6.29. The van der Waals surface area contributed by atoms with E-state index >= 15 is 0 Å². The lowest BCUT2D eigenvalue weighted by molar-refractivity contribution is -0.122. The lowest BCUT2D eigenvalue weighted by Gasteiger charge is -2.24. The van der Waals surface area contributed by atoms with E-state index in [1.54, 1.807) is 7.11 Å². The molecule has 1 fully saturated rings. The highest BCUT2D eigenvalue weighted by molar-refractivity contribution is 5.78. The minimum absolute atomic E-state index is 0.105. The third kappa shape index (κ3) is 4.64. The van der Waals surface area contributed by atoms with E-state index in [0.717, 1.165) is 31.6 Å². The van der Waals surface area contributed by atoms with Crippen LogP contribution in [0.2, 0.25) is 0 Å². The molecule has 1 saturated heterocycles. The number of rotatable bonds is 7. The summed E-state index contributed by atoms with van der Waals surface area (Å²) in [7, 11) is 1.69. The highest BCUT2D eigenvalue weighted by Gasteiger charge is 2.27. The number of methoxy groups -OCH3 is 1. The van der Waals surface area contributed by atoms with Crippen molar-refractivity contribution in [3.05, 3.63) is 65.2 Å². The molecule has 1 unspecified atom stereocenters. The van der Waals surface area contributed by atoms with Crippen LogP contribution in [0.3, 0.4) is 0 Å². The average Bonchev–Trinajstić information content (AvgIpc) is 3.11. The van der Waals surface area contributed by atoms with Gasteiger partial charge in [0.2, 0.25) is 5.91 Å². The fourth-order valence-electron chi connectivity index (χ4n) is 3.71. The zero-order valence-electron chi connectivity index (χ0n) is 15.7. The van der Waals surface area contributed by atoms with Gasteiger partial charge in [-0.05, 0) is 61.6 Å². The van der Waals surface area contributed by atoms with Gasteiger partial charge in [0.1, 0.15) is 5.75 Å². The van der Waals surface area contributed by atoms with Crippen LogP contribution in [0.25, 0.3) is 0 Å². The molecule has 0 aromatic heterocycles. The zero-order chi connectivity index (χ0) is 18.4. The Morgan fingerprint density at radius 3 is 2.88 bits per heavy atom. The van der Waals surface area contributed by atoms with Crippen molar-refractivity contribution < 1.29 is 9.53 Å². The van der Waals surface area contributed by atoms with Crippen LogP contribution in [-0.4, -0.2) is 37.6 Å². The molecule has 1 aliphatic rings. The summed E-state index contributed by atoms with van der Waals surface area (Å²) in [6.45, 7) is 4.21. The first-order valence-corrected chi connectivity index (χ1v) is 9.36. The number of hydrogen-bond acceptors (Lipinski definition) is 3. The number of benzene rings is 2. The van der Waals surface area contributed by atoms with Crippen molar-refractivity contribution in [1.29, 1.82) is 0 Å². The van der Waals surface area contributed by atoms with Gasteiger partial charge >= 0.3 is 0 Å². The predicted molar refractivity (Wildman–Crippen MR) is 104 cm³/mol. The number of aryl methyl sites for hydroxylation is 1. The summed E-state index contributed by atoms with van der Waals surface area (Å²) >= 11 is 0. The van der Waals surface area contributed by atoms with Gasteiger partial charge < -0.3 is 10.1 Å². The van der Waals surface area contributed by atoms with Gasteiger partial charge in [-0.25, -0.2) is 0 Å².